The minimum atomic E-state index is -0.241. The van der Waals surface area contributed by atoms with Crippen LogP contribution in [0.4, 0.5) is 5.13 Å². The van der Waals surface area contributed by atoms with Crippen LogP contribution in [-0.2, 0) is 0 Å². The molecular formula is C20H15N3O2S. The fraction of sp³-hybridized carbons (Fsp3) is 0.0500. The SMILES string of the molecule is Cc1cnc(NC(=O)c2ccccc2-c2ncc(-c3ccccc3)o2)s1. The van der Waals surface area contributed by atoms with Gasteiger partial charge in [0.2, 0.25) is 5.89 Å². The average Bonchev–Trinajstić information content (AvgIpc) is 3.32. The Balaban J connectivity index is 1.66. The number of hydrogen-bond acceptors (Lipinski definition) is 5. The van der Waals surface area contributed by atoms with Gasteiger partial charge in [-0.05, 0) is 19.1 Å². The Bertz CT molecular complexity index is 1050. The highest BCUT2D eigenvalue weighted by Crippen LogP contribution is 2.29. The van der Waals surface area contributed by atoms with Crippen molar-refractivity contribution in [1.82, 2.24) is 9.97 Å². The van der Waals surface area contributed by atoms with Crippen molar-refractivity contribution in [3.05, 3.63) is 77.4 Å². The highest BCUT2D eigenvalue weighted by molar-refractivity contribution is 7.15. The van der Waals surface area contributed by atoms with E-state index in [1.54, 1.807) is 18.5 Å². The third kappa shape index (κ3) is 3.27. The predicted molar refractivity (Wildman–Crippen MR) is 102 cm³/mol. The van der Waals surface area contributed by atoms with E-state index in [0.29, 0.717) is 27.9 Å². The molecule has 128 valence electrons. The van der Waals surface area contributed by atoms with Crippen molar-refractivity contribution < 1.29 is 9.21 Å². The summed E-state index contributed by atoms with van der Waals surface area (Å²) in [5.74, 6) is 0.825. The van der Waals surface area contributed by atoms with Crippen LogP contribution in [-0.4, -0.2) is 15.9 Å². The van der Waals surface area contributed by atoms with Gasteiger partial charge < -0.3 is 4.42 Å². The highest BCUT2D eigenvalue weighted by Gasteiger charge is 2.17. The van der Waals surface area contributed by atoms with E-state index in [1.807, 2.05) is 55.5 Å². The molecule has 1 amide bonds. The van der Waals surface area contributed by atoms with Crippen molar-refractivity contribution in [3.8, 4) is 22.8 Å². The molecule has 1 N–H and O–H groups in total. The van der Waals surface area contributed by atoms with E-state index >= 15 is 0 Å². The summed E-state index contributed by atoms with van der Waals surface area (Å²) >= 11 is 1.43. The van der Waals surface area contributed by atoms with Crippen LogP contribution in [0.15, 0.2) is 71.4 Å². The van der Waals surface area contributed by atoms with Gasteiger partial charge in [-0.2, -0.15) is 0 Å². The number of aryl methyl sites for hydroxylation is 1. The van der Waals surface area contributed by atoms with E-state index in [1.165, 1.54) is 11.3 Å². The maximum Gasteiger partial charge on any atom is 0.258 e. The second-order valence-electron chi connectivity index (χ2n) is 5.67. The summed E-state index contributed by atoms with van der Waals surface area (Å²) in [7, 11) is 0. The molecule has 0 radical (unpaired) electrons. The normalized spacial score (nSPS) is 10.7. The van der Waals surface area contributed by atoms with E-state index in [4.69, 9.17) is 4.42 Å². The molecule has 0 spiro atoms. The van der Waals surface area contributed by atoms with Gasteiger partial charge in [0.25, 0.3) is 5.91 Å². The molecule has 0 bridgehead atoms. The Labute approximate surface area is 154 Å². The maximum atomic E-state index is 12.7. The molecule has 0 aliphatic heterocycles. The van der Waals surface area contributed by atoms with Gasteiger partial charge in [0.05, 0.1) is 11.8 Å². The molecule has 5 nitrogen and oxygen atoms in total. The second kappa shape index (κ2) is 6.93. The molecule has 2 heterocycles. The molecule has 0 unspecified atom stereocenters. The van der Waals surface area contributed by atoms with Gasteiger partial charge in [-0.1, -0.05) is 42.5 Å². The summed E-state index contributed by atoms with van der Waals surface area (Å²) < 4.78 is 5.90. The number of nitrogens with one attached hydrogen (secondary N) is 1. The lowest BCUT2D eigenvalue weighted by atomic mass is 10.1. The molecule has 4 aromatic rings. The summed E-state index contributed by atoms with van der Waals surface area (Å²) in [6.45, 7) is 1.94. The molecular weight excluding hydrogens is 346 g/mol. The zero-order valence-corrected chi connectivity index (χ0v) is 14.8. The number of carbonyl (C=O) groups excluding carboxylic acids is 1. The Morgan fingerprint density at radius 3 is 2.54 bits per heavy atom. The van der Waals surface area contributed by atoms with Crippen molar-refractivity contribution in [2.75, 3.05) is 5.32 Å². The summed E-state index contributed by atoms with van der Waals surface area (Å²) in [6, 6.07) is 17.0. The fourth-order valence-corrected chi connectivity index (χ4v) is 3.24. The maximum absolute atomic E-state index is 12.7. The minimum Gasteiger partial charge on any atom is -0.436 e. The van der Waals surface area contributed by atoms with Crippen molar-refractivity contribution in [2.24, 2.45) is 0 Å². The standard InChI is InChI=1S/C20H15N3O2S/c1-13-11-22-20(26-13)23-18(24)15-9-5-6-10-16(15)19-21-12-17(25-19)14-7-3-2-4-8-14/h2-12H,1H3,(H,22,23,24). The third-order valence-corrected chi connectivity index (χ3v) is 4.64. The van der Waals surface area contributed by atoms with Crippen LogP contribution in [0, 0.1) is 6.92 Å². The molecule has 0 atom stereocenters. The second-order valence-corrected chi connectivity index (χ2v) is 6.91. The van der Waals surface area contributed by atoms with Crippen LogP contribution in [0.25, 0.3) is 22.8 Å². The molecule has 0 aliphatic rings. The third-order valence-electron chi connectivity index (χ3n) is 3.81. The summed E-state index contributed by atoms with van der Waals surface area (Å²) in [5, 5.41) is 3.40. The number of aromatic nitrogens is 2. The summed E-state index contributed by atoms with van der Waals surface area (Å²) in [6.07, 6.45) is 3.40. The molecule has 0 saturated carbocycles. The molecule has 0 saturated heterocycles. The van der Waals surface area contributed by atoms with Crippen molar-refractivity contribution in [3.63, 3.8) is 0 Å². The molecule has 4 rings (SSSR count). The largest absolute Gasteiger partial charge is 0.436 e. The summed E-state index contributed by atoms with van der Waals surface area (Å²) in [5.41, 5.74) is 2.06. The first-order valence-electron chi connectivity index (χ1n) is 8.05. The number of hydrogen-bond donors (Lipinski definition) is 1. The minimum absolute atomic E-state index is 0.241. The number of thiazole rings is 1. The van der Waals surface area contributed by atoms with Crippen molar-refractivity contribution >= 4 is 22.4 Å². The number of anilines is 1. The van der Waals surface area contributed by atoms with Crippen molar-refractivity contribution in [1.29, 1.82) is 0 Å². The Kier molecular flexibility index (Phi) is 4.33. The van der Waals surface area contributed by atoms with Crippen molar-refractivity contribution in [2.45, 2.75) is 6.92 Å². The van der Waals surface area contributed by atoms with Crippen LogP contribution < -0.4 is 5.32 Å². The molecule has 0 aliphatic carbocycles. The van der Waals surface area contributed by atoms with Gasteiger partial charge in [0, 0.05) is 22.2 Å². The van der Waals surface area contributed by atoms with Crippen LogP contribution in [0.3, 0.4) is 0 Å². The Hall–Kier alpha value is -3.25. The number of oxazole rings is 1. The van der Waals surface area contributed by atoms with Crippen LogP contribution in [0.2, 0.25) is 0 Å². The number of nitrogens with zero attached hydrogens (tertiary/aromatic N) is 2. The van der Waals surface area contributed by atoms with E-state index < -0.39 is 0 Å². The molecule has 2 aromatic heterocycles. The summed E-state index contributed by atoms with van der Waals surface area (Å²) in [4.78, 5) is 22.2. The smallest absolute Gasteiger partial charge is 0.258 e. The monoisotopic (exact) mass is 361 g/mol. The number of carbonyl (C=O) groups is 1. The first-order valence-corrected chi connectivity index (χ1v) is 8.87. The van der Waals surface area contributed by atoms with Crippen LogP contribution >= 0.6 is 11.3 Å². The topological polar surface area (TPSA) is 68.0 Å². The van der Waals surface area contributed by atoms with Gasteiger partial charge in [0.15, 0.2) is 10.9 Å². The first kappa shape index (κ1) is 16.2. The Morgan fingerprint density at radius 1 is 1.00 bits per heavy atom. The first-order chi connectivity index (χ1) is 12.7. The average molecular weight is 361 g/mol. The molecule has 2 aromatic carbocycles. The Morgan fingerprint density at radius 2 is 1.77 bits per heavy atom. The zero-order valence-electron chi connectivity index (χ0n) is 14.0. The van der Waals surface area contributed by atoms with Gasteiger partial charge in [0.1, 0.15) is 0 Å². The van der Waals surface area contributed by atoms with E-state index in [2.05, 4.69) is 15.3 Å². The molecule has 0 fully saturated rings. The lowest BCUT2D eigenvalue weighted by Gasteiger charge is -2.06. The lowest BCUT2D eigenvalue weighted by molar-refractivity contribution is 0.102. The van der Waals surface area contributed by atoms with Gasteiger partial charge >= 0.3 is 0 Å². The zero-order chi connectivity index (χ0) is 17.9. The van der Waals surface area contributed by atoms with Gasteiger partial charge in [-0.15, -0.1) is 11.3 Å². The number of benzene rings is 2. The number of amides is 1. The fourth-order valence-electron chi connectivity index (χ4n) is 2.58. The highest BCUT2D eigenvalue weighted by atomic mass is 32.1. The molecule has 26 heavy (non-hydrogen) atoms. The number of rotatable bonds is 4. The van der Waals surface area contributed by atoms with Gasteiger partial charge in [-0.25, -0.2) is 9.97 Å². The predicted octanol–water partition coefficient (Wildman–Crippen LogP) is 5.03. The van der Waals surface area contributed by atoms with Crippen LogP contribution in [0.5, 0.6) is 0 Å². The van der Waals surface area contributed by atoms with Crippen LogP contribution in [0.1, 0.15) is 15.2 Å². The van der Waals surface area contributed by atoms with E-state index in [-0.39, 0.29) is 5.91 Å². The van der Waals surface area contributed by atoms with Gasteiger partial charge in [-0.3, -0.25) is 10.1 Å². The lowest BCUT2D eigenvalue weighted by Crippen LogP contribution is -2.12. The molecule has 6 heteroatoms. The van der Waals surface area contributed by atoms with E-state index in [9.17, 15) is 4.79 Å². The van der Waals surface area contributed by atoms with E-state index in [0.717, 1.165) is 10.4 Å². The quantitative estimate of drug-likeness (QED) is 0.554.